The number of hydrogen-bond acceptors (Lipinski definition) is 6. The minimum absolute atomic E-state index is 0.0499. The maximum absolute atomic E-state index is 12.8. The van der Waals surface area contributed by atoms with E-state index in [1.54, 1.807) is 14.2 Å². The number of nitrogens with zero attached hydrogens (tertiary/aromatic N) is 3. The van der Waals surface area contributed by atoms with Gasteiger partial charge in [-0.15, -0.1) is 0 Å². The molecule has 0 radical (unpaired) electrons. The Labute approximate surface area is 146 Å². The van der Waals surface area contributed by atoms with Gasteiger partial charge >= 0.3 is 6.01 Å². The van der Waals surface area contributed by atoms with Crippen LogP contribution in [-0.2, 0) is 6.54 Å². The zero-order valence-corrected chi connectivity index (χ0v) is 14.4. The van der Waals surface area contributed by atoms with Gasteiger partial charge in [-0.25, -0.2) is 14.4 Å². The normalized spacial score (nSPS) is 15.8. The average Bonchev–Trinajstić information content (AvgIpc) is 2.65. The van der Waals surface area contributed by atoms with Crippen LogP contribution in [0.5, 0.6) is 17.5 Å². The Morgan fingerprint density at radius 2 is 1.84 bits per heavy atom. The first-order valence-corrected chi connectivity index (χ1v) is 8.26. The van der Waals surface area contributed by atoms with Crippen LogP contribution in [0.4, 0.5) is 4.39 Å². The summed E-state index contributed by atoms with van der Waals surface area (Å²) < 4.78 is 29.4. The van der Waals surface area contributed by atoms with Gasteiger partial charge in [0.05, 0.1) is 26.6 Å². The molecule has 0 unspecified atom stereocenters. The molecular formula is C18H22FN3O3. The van der Waals surface area contributed by atoms with Gasteiger partial charge in [-0.1, -0.05) is 12.1 Å². The lowest BCUT2D eigenvalue weighted by Crippen LogP contribution is -2.38. The molecule has 3 rings (SSSR count). The van der Waals surface area contributed by atoms with E-state index in [9.17, 15) is 4.39 Å². The van der Waals surface area contributed by atoms with Gasteiger partial charge in [-0.3, -0.25) is 4.90 Å². The topological polar surface area (TPSA) is 56.7 Å². The van der Waals surface area contributed by atoms with E-state index in [1.165, 1.54) is 0 Å². The number of piperidine rings is 1. The summed E-state index contributed by atoms with van der Waals surface area (Å²) in [4.78, 5) is 10.0. The van der Waals surface area contributed by atoms with Crippen LogP contribution >= 0.6 is 0 Å². The molecule has 1 aliphatic heterocycles. The van der Waals surface area contributed by atoms with Gasteiger partial charge in [0.2, 0.25) is 0 Å². The molecule has 1 saturated heterocycles. The first kappa shape index (κ1) is 17.4. The fourth-order valence-corrected chi connectivity index (χ4v) is 3.01. The summed E-state index contributed by atoms with van der Waals surface area (Å²) in [6, 6.07) is 6.15. The smallest absolute Gasteiger partial charge is 0.316 e. The predicted molar refractivity (Wildman–Crippen MR) is 90.5 cm³/mol. The maximum Gasteiger partial charge on any atom is 0.316 e. The van der Waals surface area contributed by atoms with Crippen LogP contribution in [0.25, 0.3) is 0 Å². The van der Waals surface area contributed by atoms with Crippen molar-refractivity contribution in [2.45, 2.75) is 25.5 Å². The summed E-state index contributed by atoms with van der Waals surface area (Å²) >= 11 is 0. The number of rotatable bonds is 6. The molecule has 7 heteroatoms. The number of hydrogen-bond donors (Lipinski definition) is 0. The summed E-state index contributed by atoms with van der Waals surface area (Å²) in [5.74, 6) is 1.06. The zero-order valence-electron chi connectivity index (χ0n) is 14.4. The van der Waals surface area contributed by atoms with Gasteiger partial charge in [0.25, 0.3) is 0 Å². The second-order valence-electron chi connectivity index (χ2n) is 5.93. The molecule has 1 aromatic heterocycles. The average molecular weight is 347 g/mol. The second kappa shape index (κ2) is 8.11. The lowest BCUT2D eigenvalue weighted by molar-refractivity contribution is 0.0885. The molecule has 6 nitrogen and oxygen atoms in total. The molecular weight excluding hydrogens is 325 g/mol. The number of para-hydroxylation sites is 1. The number of likely N-dealkylation sites (tertiary alicyclic amines) is 1. The standard InChI is InChI=1S/C18H22FN3O3/c1-23-16-5-3-4-13(17(16)24-2)12-22-8-6-15(7-9-22)25-18-20-10-14(19)11-21-18/h3-5,10-11,15H,6-9,12H2,1-2H3. The zero-order chi connectivity index (χ0) is 17.6. The Bertz CT molecular complexity index is 688. The molecule has 1 aliphatic rings. The number of benzene rings is 1. The fourth-order valence-electron chi connectivity index (χ4n) is 3.01. The molecule has 0 saturated carbocycles. The SMILES string of the molecule is COc1cccc(CN2CCC(Oc3ncc(F)cn3)CC2)c1OC. The third-order valence-corrected chi connectivity index (χ3v) is 4.28. The predicted octanol–water partition coefficient (Wildman–Crippen LogP) is 2.68. The van der Waals surface area contributed by atoms with Crippen molar-refractivity contribution in [3.05, 3.63) is 42.0 Å². The maximum atomic E-state index is 12.8. The molecule has 2 heterocycles. The van der Waals surface area contributed by atoms with Crippen molar-refractivity contribution in [2.75, 3.05) is 27.3 Å². The van der Waals surface area contributed by atoms with Crippen LogP contribution < -0.4 is 14.2 Å². The number of methoxy groups -OCH3 is 2. The van der Waals surface area contributed by atoms with Crippen LogP contribution in [0.2, 0.25) is 0 Å². The van der Waals surface area contributed by atoms with Gasteiger partial charge in [-0.05, 0) is 18.9 Å². The first-order valence-electron chi connectivity index (χ1n) is 8.26. The van der Waals surface area contributed by atoms with E-state index in [0.29, 0.717) is 0 Å². The fraction of sp³-hybridized carbons (Fsp3) is 0.444. The Hall–Kier alpha value is -2.41. The second-order valence-corrected chi connectivity index (χ2v) is 5.93. The van der Waals surface area contributed by atoms with Crippen LogP contribution in [0.15, 0.2) is 30.6 Å². The van der Waals surface area contributed by atoms with E-state index in [1.807, 2.05) is 12.1 Å². The highest BCUT2D eigenvalue weighted by atomic mass is 19.1. The lowest BCUT2D eigenvalue weighted by atomic mass is 10.1. The highest BCUT2D eigenvalue weighted by Gasteiger charge is 2.22. The van der Waals surface area contributed by atoms with E-state index >= 15 is 0 Å². The summed E-state index contributed by atoms with van der Waals surface area (Å²) in [6.45, 7) is 2.58. The first-order chi connectivity index (χ1) is 12.2. The molecule has 0 bridgehead atoms. The molecule has 0 aliphatic carbocycles. The molecule has 0 amide bonds. The van der Waals surface area contributed by atoms with Crippen molar-refractivity contribution < 1.29 is 18.6 Å². The van der Waals surface area contributed by atoms with Crippen molar-refractivity contribution in [3.8, 4) is 17.5 Å². The highest BCUT2D eigenvalue weighted by molar-refractivity contribution is 5.46. The van der Waals surface area contributed by atoms with Crippen molar-refractivity contribution in [1.29, 1.82) is 0 Å². The van der Waals surface area contributed by atoms with Crippen molar-refractivity contribution in [2.24, 2.45) is 0 Å². The van der Waals surface area contributed by atoms with Gasteiger partial charge in [0, 0.05) is 25.2 Å². The monoisotopic (exact) mass is 347 g/mol. The van der Waals surface area contributed by atoms with Gasteiger partial charge in [-0.2, -0.15) is 0 Å². The molecule has 2 aromatic rings. The summed E-state index contributed by atoms with van der Waals surface area (Å²) in [5.41, 5.74) is 1.10. The molecule has 0 spiro atoms. The molecule has 25 heavy (non-hydrogen) atoms. The van der Waals surface area contributed by atoms with Crippen LogP contribution in [0, 0.1) is 5.82 Å². The molecule has 0 atom stereocenters. The van der Waals surface area contributed by atoms with Gasteiger partial charge in [0.1, 0.15) is 6.10 Å². The quantitative estimate of drug-likeness (QED) is 0.801. The minimum Gasteiger partial charge on any atom is -0.493 e. The minimum atomic E-state index is -0.464. The van der Waals surface area contributed by atoms with E-state index in [2.05, 4.69) is 20.9 Å². The van der Waals surface area contributed by atoms with E-state index in [0.717, 1.165) is 61.9 Å². The Morgan fingerprint density at radius 1 is 1.12 bits per heavy atom. The van der Waals surface area contributed by atoms with Crippen LogP contribution in [0.1, 0.15) is 18.4 Å². The largest absolute Gasteiger partial charge is 0.493 e. The number of halogens is 1. The third kappa shape index (κ3) is 4.36. The van der Waals surface area contributed by atoms with Crippen LogP contribution in [0.3, 0.4) is 0 Å². The molecule has 1 fully saturated rings. The lowest BCUT2D eigenvalue weighted by Gasteiger charge is -2.32. The van der Waals surface area contributed by atoms with Crippen molar-refractivity contribution in [3.63, 3.8) is 0 Å². The third-order valence-electron chi connectivity index (χ3n) is 4.28. The number of aromatic nitrogens is 2. The number of ether oxygens (including phenoxy) is 3. The Kier molecular flexibility index (Phi) is 5.65. The molecule has 1 aromatic carbocycles. The van der Waals surface area contributed by atoms with Gasteiger partial charge in [0.15, 0.2) is 17.3 Å². The summed E-state index contributed by atoms with van der Waals surface area (Å²) in [5, 5.41) is 0. The van der Waals surface area contributed by atoms with Crippen molar-refractivity contribution >= 4 is 0 Å². The summed E-state index contributed by atoms with van der Waals surface area (Å²) in [6.07, 6.45) is 4.02. The summed E-state index contributed by atoms with van der Waals surface area (Å²) in [7, 11) is 3.30. The Balaban J connectivity index is 1.55. The van der Waals surface area contributed by atoms with E-state index in [4.69, 9.17) is 14.2 Å². The van der Waals surface area contributed by atoms with Crippen molar-refractivity contribution in [1.82, 2.24) is 14.9 Å². The van der Waals surface area contributed by atoms with Gasteiger partial charge < -0.3 is 14.2 Å². The molecule has 0 N–H and O–H groups in total. The molecule has 134 valence electrons. The van der Waals surface area contributed by atoms with Crippen LogP contribution in [-0.4, -0.2) is 48.3 Å². The van der Waals surface area contributed by atoms with E-state index in [-0.39, 0.29) is 12.1 Å². The highest BCUT2D eigenvalue weighted by Crippen LogP contribution is 2.32. The van der Waals surface area contributed by atoms with E-state index < -0.39 is 5.82 Å². The Morgan fingerprint density at radius 3 is 2.48 bits per heavy atom.